The Labute approximate surface area is 290 Å². The molecule has 0 rings (SSSR count). The van der Waals surface area contributed by atoms with E-state index in [1.807, 2.05) is 0 Å². The summed E-state index contributed by atoms with van der Waals surface area (Å²) in [6.45, 7) is 8.53. The maximum Gasteiger partial charge on any atom is 0.307 e. The number of rotatable bonds is 39. The van der Waals surface area contributed by atoms with Crippen LogP contribution in [-0.2, 0) is 14.3 Å². The molecule has 0 aliphatic rings. The van der Waals surface area contributed by atoms with E-state index in [0.29, 0.717) is 25.2 Å². The summed E-state index contributed by atoms with van der Waals surface area (Å²) in [4.78, 5) is 26.4. The predicted molar refractivity (Wildman–Crippen MR) is 203 cm³/mol. The molecule has 0 fully saturated rings. The van der Waals surface area contributed by atoms with Gasteiger partial charge in [-0.25, -0.2) is 0 Å². The molecule has 0 aromatic carbocycles. The molecule has 1 N–H and O–H groups in total. The lowest BCUT2D eigenvalue weighted by atomic mass is 10.0. The molecule has 0 aromatic heterocycles. The molecule has 276 valence electrons. The Hall–Kier alpha value is -0.940. The minimum absolute atomic E-state index is 0. The maximum absolute atomic E-state index is 12.2. The zero-order valence-corrected chi connectivity index (χ0v) is 31.6. The van der Waals surface area contributed by atoms with E-state index in [4.69, 9.17) is 4.74 Å². The summed E-state index contributed by atoms with van der Waals surface area (Å²) < 4.78 is 5.44. The van der Waals surface area contributed by atoms with E-state index in [0.717, 1.165) is 51.9 Å². The first-order valence-electron chi connectivity index (χ1n) is 20.7. The minimum Gasteiger partial charge on any atom is -0.466 e. The van der Waals surface area contributed by atoms with Crippen LogP contribution in [0.25, 0.3) is 0 Å². The number of hydrogen-bond acceptors (Lipinski definition) is 5. The Morgan fingerprint density at radius 2 is 0.891 bits per heavy atom. The van der Waals surface area contributed by atoms with Gasteiger partial charge in [0, 0.05) is 27.4 Å². The van der Waals surface area contributed by atoms with Crippen LogP contribution in [0.5, 0.6) is 0 Å². The van der Waals surface area contributed by atoms with Gasteiger partial charge in [-0.1, -0.05) is 174 Å². The van der Waals surface area contributed by atoms with Gasteiger partial charge in [-0.05, 0) is 39.4 Å². The van der Waals surface area contributed by atoms with Crippen molar-refractivity contribution >= 4 is 11.8 Å². The largest absolute Gasteiger partial charge is 0.466 e. The van der Waals surface area contributed by atoms with E-state index in [-0.39, 0.29) is 7.40 Å². The van der Waals surface area contributed by atoms with E-state index < -0.39 is 0 Å². The molecule has 0 aliphatic carbocycles. The van der Waals surface area contributed by atoms with Gasteiger partial charge in [0.15, 0.2) is 0 Å². The monoisotopic (exact) mass is 653 g/mol. The van der Waals surface area contributed by atoms with Crippen LogP contribution in [0.15, 0.2) is 0 Å². The summed E-state index contributed by atoms with van der Waals surface area (Å²) in [5.41, 5.74) is 0. The molecule has 0 radical (unpaired) electrons. The predicted octanol–water partition coefficient (Wildman–Crippen LogP) is 12.0. The maximum atomic E-state index is 12.2. The summed E-state index contributed by atoms with van der Waals surface area (Å²) >= 11 is 0. The smallest absolute Gasteiger partial charge is 0.307 e. The summed E-state index contributed by atoms with van der Waals surface area (Å²) in [6.07, 6.45) is 39.1. The number of ether oxygens (including phenoxy) is 1. The SMILES string of the molecule is CCCCCCCCCCCCCCCCC(=O)CCNCCCN(C)CCC(=O)OCCCCCCCCCCCCCCC.[HH]. The molecule has 5 heteroatoms. The van der Waals surface area contributed by atoms with E-state index in [1.54, 1.807) is 0 Å². The molecule has 0 saturated heterocycles. The van der Waals surface area contributed by atoms with Crippen molar-refractivity contribution in [2.24, 2.45) is 0 Å². The van der Waals surface area contributed by atoms with E-state index in [9.17, 15) is 9.59 Å². The lowest BCUT2D eigenvalue weighted by Crippen LogP contribution is -2.27. The van der Waals surface area contributed by atoms with Gasteiger partial charge in [-0.3, -0.25) is 9.59 Å². The highest BCUT2D eigenvalue weighted by Crippen LogP contribution is 2.14. The minimum atomic E-state index is -0.0683. The van der Waals surface area contributed by atoms with Crippen molar-refractivity contribution in [3.05, 3.63) is 0 Å². The van der Waals surface area contributed by atoms with Crippen LogP contribution >= 0.6 is 0 Å². The van der Waals surface area contributed by atoms with Crippen molar-refractivity contribution in [2.75, 3.05) is 39.8 Å². The lowest BCUT2D eigenvalue weighted by molar-refractivity contribution is -0.144. The zero-order chi connectivity index (χ0) is 33.6. The zero-order valence-electron chi connectivity index (χ0n) is 31.6. The molecule has 0 unspecified atom stereocenters. The second-order valence-corrected chi connectivity index (χ2v) is 14.3. The van der Waals surface area contributed by atoms with Crippen LogP contribution in [-0.4, -0.2) is 56.5 Å². The Balaban J connectivity index is 0. The first kappa shape index (κ1) is 45.1. The second-order valence-electron chi connectivity index (χ2n) is 14.3. The Bertz CT molecular complexity index is 634. The van der Waals surface area contributed by atoms with Gasteiger partial charge >= 0.3 is 5.97 Å². The number of hydrogen-bond donors (Lipinski definition) is 1. The standard InChI is InChI=1S/C41H82N2O3.H2/c1-4-6-8-10-12-14-16-18-19-21-23-25-27-29-32-40(44)33-36-42-35-31-37-43(3)38-34-41(45)46-39-30-28-26-24-22-20-17-15-13-11-9-7-5-2;/h42H,4-39H2,1-3H3;1H. The van der Waals surface area contributed by atoms with Crippen molar-refractivity contribution in [1.82, 2.24) is 10.2 Å². The number of unbranched alkanes of at least 4 members (excludes halogenated alkanes) is 25. The normalized spacial score (nSPS) is 11.5. The number of Topliss-reactive ketones (excluding diaryl/α,β-unsaturated/α-hetero) is 1. The molecule has 0 amide bonds. The molecule has 0 aromatic rings. The quantitative estimate of drug-likeness (QED) is 0.0529. The number of ketones is 1. The molecular weight excluding hydrogens is 568 g/mol. The molecule has 5 nitrogen and oxygen atoms in total. The van der Waals surface area contributed by atoms with Crippen molar-refractivity contribution in [3.8, 4) is 0 Å². The molecule has 0 atom stereocenters. The molecule has 0 bridgehead atoms. The van der Waals surface area contributed by atoms with Gasteiger partial charge in [-0.15, -0.1) is 0 Å². The first-order chi connectivity index (χ1) is 22.6. The highest BCUT2D eigenvalue weighted by molar-refractivity contribution is 5.78. The fourth-order valence-electron chi connectivity index (χ4n) is 6.24. The Morgan fingerprint density at radius 3 is 1.35 bits per heavy atom. The van der Waals surface area contributed by atoms with Crippen LogP contribution in [0.3, 0.4) is 0 Å². The third-order valence-corrected chi connectivity index (χ3v) is 9.49. The third-order valence-electron chi connectivity index (χ3n) is 9.49. The van der Waals surface area contributed by atoms with Crippen molar-refractivity contribution in [3.63, 3.8) is 0 Å². The van der Waals surface area contributed by atoms with Gasteiger partial charge in [0.2, 0.25) is 0 Å². The summed E-state index contributed by atoms with van der Waals surface area (Å²) in [5.74, 6) is 0.335. The van der Waals surface area contributed by atoms with E-state index in [2.05, 4.69) is 31.1 Å². The lowest BCUT2D eigenvalue weighted by Gasteiger charge is -2.16. The number of nitrogens with one attached hydrogen (secondary N) is 1. The molecule has 0 saturated carbocycles. The fourth-order valence-corrected chi connectivity index (χ4v) is 6.24. The van der Waals surface area contributed by atoms with Crippen LogP contribution < -0.4 is 5.32 Å². The summed E-state index contributed by atoms with van der Waals surface area (Å²) in [5, 5.41) is 3.42. The van der Waals surface area contributed by atoms with Crippen molar-refractivity contribution < 1.29 is 15.8 Å². The van der Waals surface area contributed by atoms with E-state index in [1.165, 1.54) is 161 Å². The molecule has 0 heterocycles. The van der Waals surface area contributed by atoms with Gasteiger partial charge in [0.25, 0.3) is 0 Å². The van der Waals surface area contributed by atoms with Crippen molar-refractivity contribution in [2.45, 2.75) is 213 Å². The molecule has 46 heavy (non-hydrogen) atoms. The molecule has 0 aliphatic heterocycles. The number of carbonyl (C=O) groups excluding carboxylic acids is 2. The van der Waals surface area contributed by atoms with Crippen LogP contribution in [0.1, 0.15) is 214 Å². The van der Waals surface area contributed by atoms with Gasteiger partial charge in [0.1, 0.15) is 5.78 Å². The second kappa shape index (κ2) is 38.5. The van der Waals surface area contributed by atoms with E-state index >= 15 is 0 Å². The summed E-state index contributed by atoms with van der Waals surface area (Å²) in [6, 6.07) is 0. The topological polar surface area (TPSA) is 58.6 Å². The van der Waals surface area contributed by atoms with Gasteiger partial charge < -0.3 is 15.0 Å². The summed E-state index contributed by atoms with van der Waals surface area (Å²) in [7, 11) is 2.07. The van der Waals surface area contributed by atoms with Crippen LogP contribution in [0.4, 0.5) is 0 Å². The number of nitrogens with zero attached hydrogens (tertiary/aromatic N) is 1. The van der Waals surface area contributed by atoms with Crippen LogP contribution in [0, 0.1) is 0 Å². The molecular formula is C41H84N2O3. The molecule has 0 spiro atoms. The highest BCUT2D eigenvalue weighted by Gasteiger charge is 2.06. The number of esters is 1. The Morgan fingerprint density at radius 1 is 0.478 bits per heavy atom. The van der Waals surface area contributed by atoms with Gasteiger partial charge in [0.05, 0.1) is 13.0 Å². The average Bonchev–Trinajstić information content (AvgIpc) is 3.05. The van der Waals surface area contributed by atoms with Gasteiger partial charge in [-0.2, -0.15) is 0 Å². The van der Waals surface area contributed by atoms with Crippen LogP contribution in [0.2, 0.25) is 0 Å². The highest BCUT2D eigenvalue weighted by atomic mass is 16.5. The fraction of sp³-hybridized carbons (Fsp3) is 0.951. The van der Waals surface area contributed by atoms with Crippen molar-refractivity contribution in [1.29, 1.82) is 0 Å². The Kier molecular flexibility index (Phi) is 37.7. The third kappa shape index (κ3) is 37.5. The first-order valence-corrected chi connectivity index (χ1v) is 20.7. The average molecular weight is 653 g/mol. The number of carbonyl (C=O) groups is 2.